The van der Waals surface area contributed by atoms with Gasteiger partial charge in [-0.25, -0.2) is 18.1 Å². The Morgan fingerprint density at radius 3 is 2.17 bits per heavy atom. The lowest BCUT2D eigenvalue weighted by atomic mass is 10.0. The third-order valence-corrected chi connectivity index (χ3v) is 7.57. The number of hydrogen-bond donors (Lipinski definition) is 0. The van der Waals surface area contributed by atoms with Crippen molar-refractivity contribution in [1.82, 2.24) is 24.5 Å². The number of benzene rings is 3. The highest BCUT2D eigenvalue weighted by Gasteiger charge is 2.34. The zero-order valence-electron chi connectivity index (χ0n) is 22.0. The van der Waals surface area contributed by atoms with E-state index in [1.165, 1.54) is 17.6 Å². The van der Waals surface area contributed by atoms with E-state index in [1.807, 2.05) is 43.3 Å². The summed E-state index contributed by atoms with van der Waals surface area (Å²) in [6, 6.07) is 19.3. The van der Waals surface area contributed by atoms with Crippen LogP contribution in [0, 0.1) is 6.92 Å². The molecule has 2 aromatic heterocycles. The molecule has 0 unspecified atom stereocenters. The van der Waals surface area contributed by atoms with Gasteiger partial charge in [-0.2, -0.15) is 13.2 Å². The molecular weight excluding hydrogens is 541 g/mol. The number of rotatable bonds is 6. The van der Waals surface area contributed by atoms with Gasteiger partial charge in [-0.3, -0.25) is 0 Å². The summed E-state index contributed by atoms with van der Waals surface area (Å²) >= 11 is 0. The summed E-state index contributed by atoms with van der Waals surface area (Å²) in [5.41, 5.74) is 3.46. The SMILES string of the molecule is Cc1nc(C(F)(F)F)cn1-c1ccc(-c2cccc(S(C)(=O)=O)c2)cc1-n1nncc1-c1ccc(N(C)C)cc1. The molecule has 0 saturated carbocycles. The van der Waals surface area contributed by atoms with Crippen LogP contribution in [0.25, 0.3) is 33.8 Å². The van der Waals surface area contributed by atoms with Crippen LogP contribution in [-0.2, 0) is 16.0 Å². The topological polar surface area (TPSA) is 85.9 Å². The lowest BCUT2D eigenvalue weighted by Gasteiger charge is -2.17. The van der Waals surface area contributed by atoms with Crippen LogP contribution in [0.1, 0.15) is 11.5 Å². The quantitative estimate of drug-likeness (QED) is 0.267. The number of imidazole rings is 1. The average Bonchev–Trinajstić information content (AvgIpc) is 3.55. The zero-order chi connectivity index (χ0) is 28.8. The molecule has 0 aliphatic rings. The van der Waals surface area contributed by atoms with E-state index in [0.717, 1.165) is 23.7 Å². The normalized spacial score (nSPS) is 12.1. The summed E-state index contributed by atoms with van der Waals surface area (Å²) in [5, 5.41) is 8.39. The summed E-state index contributed by atoms with van der Waals surface area (Å²) in [4.78, 5) is 5.84. The van der Waals surface area contributed by atoms with Crippen molar-refractivity contribution in [2.45, 2.75) is 18.0 Å². The van der Waals surface area contributed by atoms with Gasteiger partial charge in [-0.15, -0.1) is 5.10 Å². The first kappa shape index (κ1) is 27.1. The van der Waals surface area contributed by atoms with Crippen LogP contribution in [0.4, 0.5) is 18.9 Å². The van der Waals surface area contributed by atoms with E-state index in [9.17, 15) is 21.6 Å². The number of anilines is 1. The number of halogens is 3. The van der Waals surface area contributed by atoms with E-state index in [-0.39, 0.29) is 10.7 Å². The van der Waals surface area contributed by atoms with Crippen LogP contribution in [0.2, 0.25) is 0 Å². The number of sulfone groups is 1. The van der Waals surface area contributed by atoms with E-state index in [2.05, 4.69) is 15.3 Å². The lowest BCUT2D eigenvalue weighted by molar-refractivity contribution is -0.141. The van der Waals surface area contributed by atoms with E-state index < -0.39 is 21.7 Å². The molecule has 206 valence electrons. The van der Waals surface area contributed by atoms with Crippen molar-refractivity contribution in [1.29, 1.82) is 0 Å². The highest BCUT2D eigenvalue weighted by Crippen LogP contribution is 2.34. The molecule has 0 amide bonds. The first-order chi connectivity index (χ1) is 18.8. The molecule has 0 radical (unpaired) electrons. The minimum Gasteiger partial charge on any atom is -0.378 e. The van der Waals surface area contributed by atoms with Gasteiger partial charge in [0, 0.05) is 37.8 Å². The predicted octanol–water partition coefficient (Wildman–Crippen LogP) is 5.58. The fourth-order valence-corrected chi connectivity index (χ4v) is 5.04. The molecule has 5 rings (SSSR count). The van der Waals surface area contributed by atoms with E-state index in [4.69, 9.17) is 0 Å². The van der Waals surface area contributed by atoms with Gasteiger partial charge in [0.2, 0.25) is 0 Å². The standard InChI is InChI=1S/C28H25F3N6O2S/c1-18-33-27(28(29,30)31)17-36(18)24-13-10-21(20-6-5-7-23(14-20)40(4,38)39)15-25(24)37-26(16-32-34-37)19-8-11-22(12-9-19)35(2)3/h5-17H,1-4H3. The maximum absolute atomic E-state index is 13.5. The fourth-order valence-electron chi connectivity index (χ4n) is 4.38. The Kier molecular flexibility index (Phi) is 6.74. The Morgan fingerprint density at radius 2 is 1.55 bits per heavy atom. The largest absolute Gasteiger partial charge is 0.434 e. The first-order valence-electron chi connectivity index (χ1n) is 12.1. The highest BCUT2D eigenvalue weighted by atomic mass is 32.2. The van der Waals surface area contributed by atoms with Crippen LogP contribution in [0.5, 0.6) is 0 Å². The Balaban J connectivity index is 1.72. The van der Waals surface area contributed by atoms with Crippen molar-refractivity contribution in [2.24, 2.45) is 0 Å². The number of alkyl halides is 3. The number of aryl methyl sites for hydroxylation is 1. The van der Waals surface area contributed by atoms with Crippen molar-refractivity contribution >= 4 is 15.5 Å². The van der Waals surface area contributed by atoms with Gasteiger partial charge >= 0.3 is 6.18 Å². The molecule has 5 aromatic rings. The van der Waals surface area contributed by atoms with Crippen molar-refractivity contribution < 1.29 is 21.6 Å². The third kappa shape index (κ3) is 5.22. The molecule has 0 fully saturated rings. The smallest absolute Gasteiger partial charge is 0.378 e. The van der Waals surface area contributed by atoms with E-state index in [0.29, 0.717) is 28.2 Å². The van der Waals surface area contributed by atoms with Crippen LogP contribution in [0.3, 0.4) is 0 Å². The number of aromatic nitrogens is 5. The molecule has 0 saturated heterocycles. The highest BCUT2D eigenvalue weighted by molar-refractivity contribution is 7.90. The molecule has 12 heteroatoms. The molecule has 0 atom stereocenters. The van der Waals surface area contributed by atoms with Crippen molar-refractivity contribution in [3.8, 4) is 33.8 Å². The van der Waals surface area contributed by atoms with Crippen LogP contribution < -0.4 is 4.90 Å². The van der Waals surface area contributed by atoms with Crippen molar-refractivity contribution in [3.63, 3.8) is 0 Å². The van der Waals surface area contributed by atoms with E-state index in [1.54, 1.807) is 47.3 Å². The third-order valence-electron chi connectivity index (χ3n) is 6.46. The molecule has 8 nitrogen and oxygen atoms in total. The van der Waals surface area contributed by atoms with Crippen LogP contribution >= 0.6 is 0 Å². The van der Waals surface area contributed by atoms with Crippen LogP contribution in [-0.4, -0.2) is 53.3 Å². The second-order valence-corrected chi connectivity index (χ2v) is 11.5. The molecule has 0 bridgehead atoms. The van der Waals surface area contributed by atoms with Gasteiger partial charge in [0.1, 0.15) is 5.82 Å². The van der Waals surface area contributed by atoms with Crippen molar-refractivity contribution in [2.75, 3.05) is 25.3 Å². The maximum Gasteiger partial charge on any atom is 0.434 e. The first-order valence-corrected chi connectivity index (χ1v) is 14.0. The monoisotopic (exact) mass is 566 g/mol. The molecule has 2 heterocycles. The predicted molar refractivity (Wildman–Crippen MR) is 147 cm³/mol. The molecule has 0 aliphatic carbocycles. The Morgan fingerprint density at radius 1 is 0.875 bits per heavy atom. The summed E-state index contributed by atoms with van der Waals surface area (Å²) < 4.78 is 67.8. The molecular formula is C28H25F3N6O2S. The van der Waals surface area contributed by atoms with Gasteiger partial charge in [-0.1, -0.05) is 35.5 Å². The average molecular weight is 567 g/mol. The summed E-state index contributed by atoms with van der Waals surface area (Å²) in [6.07, 6.45) is -0.966. The number of hydrogen-bond acceptors (Lipinski definition) is 6. The molecule has 0 spiro atoms. The Hall–Kier alpha value is -4.45. The Bertz CT molecular complexity index is 1810. The van der Waals surface area contributed by atoms with Crippen LogP contribution in [0.15, 0.2) is 84.0 Å². The summed E-state index contributed by atoms with van der Waals surface area (Å²) in [5.74, 6) is 0.136. The van der Waals surface area contributed by atoms with Gasteiger partial charge in [0.05, 0.1) is 28.2 Å². The zero-order valence-corrected chi connectivity index (χ0v) is 22.9. The summed E-state index contributed by atoms with van der Waals surface area (Å²) in [7, 11) is 0.404. The van der Waals surface area contributed by atoms with Gasteiger partial charge in [0.25, 0.3) is 0 Å². The molecule has 40 heavy (non-hydrogen) atoms. The summed E-state index contributed by atoms with van der Waals surface area (Å²) in [6.45, 7) is 1.49. The van der Waals surface area contributed by atoms with Crippen molar-refractivity contribution in [3.05, 3.63) is 90.6 Å². The van der Waals surface area contributed by atoms with E-state index >= 15 is 0 Å². The lowest BCUT2D eigenvalue weighted by Crippen LogP contribution is -2.09. The minimum absolute atomic E-state index is 0.136. The van der Waals surface area contributed by atoms with Gasteiger partial charge < -0.3 is 9.47 Å². The van der Waals surface area contributed by atoms with Gasteiger partial charge in [0.15, 0.2) is 15.5 Å². The molecule has 0 aliphatic heterocycles. The Labute approximate surface area is 229 Å². The molecule has 0 N–H and O–H groups in total. The maximum atomic E-state index is 13.5. The second-order valence-electron chi connectivity index (χ2n) is 9.52. The second kappa shape index (κ2) is 9.94. The minimum atomic E-state index is -4.62. The van der Waals surface area contributed by atoms with Gasteiger partial charge in [-0.05, 0) is 54.4 Å². The fraction of sp³-hybridized carbons (Fsp3) is 0.179. The number of nitrogens with zero attached hydrogens (tertiary/aromatic N) is 6. The molecule has 3 aromatic carbocycles.